The van der Waals surface area contributed by atoms with Gasteiger partial charge in [-0.25, -0.2) is 9.37 Å². The van der Waals surface area contributed by atoms with Crippen molar-refractivity contribution in [2.24, 2.45) is 5.92 Å². The standard InChI is InChI=1S/C21H21F4N3O/c22-18-11-17(21(23,24)25)12-26-19(18)27-8-6-15(7-9-27)20(29)28-10-5-14-3-1-2-4-16(14)13-28/h1-4,11-12,15H,5-10,13H2. The van der Waals surface area contributed by atoms with E-state index in [2.05, 4.69) is 11.1 Å². The van der Waals surface area contributed by atoms with Crippen LogP contribution in [-0.2, 0) is 23.9 Å². The predicted octanol–water partition coefficient (Wildman–Crippen LogP) is 4.04. The molecule has 4 nitrogen and oxygen atoms in total. The average Bonchev–Trinajstić information content (AvgIpc) is 2.72. The lowest BCUT2D eigenvalue weighted by molar-refractivity contribution is -0.138. The first-order chi connectivity index (χ1) is 13.8. The number of rotatable bonds is 2. The van der Waals surface area contributed by atoms with Crippen molar-refractivity contribution in [2.75, 3.05) is 24.5 Å². The molecule has 0 unspecified atom stereocenters. The number of carbonyl (C=O) groups is 1. The number of hydrogen-bond acceptors (Lipinski definition) is 3. The second-order valence-corrected chi connectivity index (χ2v) is 7.57. The van der Waals surface area contributed by atoms with Crippen molar-refractivity contribution in [3.05, 3.63) is 59.0 Å². The molecule has 0 aliphatic carbocycles. The fourth-order valence-electron chi connectivity index (χ4n) is 4.10. The summed E-state index contributed by atoms with van der Waals surface area (Å²) < 4.78 is 52.2. The van der Waals surface area contributed by atoms with Gasteiger partial charge in [0.05, 0.1) is 5.56 Å². The maximum absolute atomic E-state index is 14.2. The van der Waals surface area contributed by atoms with E-state index in [9.17, 15) is 22.4 Å². The molecule has 1 fully saturated rings. The highest BCUT2D eigenvalue weighted by molar-refractivity contribution is 5.79. The lowest BCUT2D eigenvalue weighted by atomic mass is 9.93. The van der Waals surface area contributed by atoms with E-state index in [0.717, 1.165) is 6.42 Å². The van der Waals surface area contributed by atoms with E-state index in [4.69, 9.17) is 0 Å². The van der Waals surface area contributed by atoms with Gasteiger partial charge in [0.25, 0.3) is 0 Å². The Hall–Kier alpha value is -2.64. The fraction of sp³-hybridized carbons (Fsp3) is 0.429. The number of benzene rings is 1. The fourth-order valence-corrected chi connectivity index (χ4v) is 4.10. The molecular formula is C21H21F4N3O. The van der Waals surface area contributed by atoms with Crippen LogP contribution in [-0.4, -0.2) is 35.4 Å². The first kappa shape index (κ1) is 19.7. The van der Waals surface area contributed by atoms with Gasteiger partial charge in [-0.3, -0.25) is 4.79 Å². The Kier molecular flexibility index (Phi) is 5.19. The summed E-state index contributed by atoms with van der Waals surface area (Å²) in [6.07, 6.45) is -2.08. The van der Waals surface area contributed by atoms with E-state index in [1.54, 1.807) is 4.90 Å². The maximum Gasteiger partial charge on any atom is 0.417 e. The number of hydrogen-bond donors (Lipinski definition) is 0. The molecule has 2 aromatic rings. The van der Waals surface area contributed by atoms with Gasteiger partial charge in [-0.1, -0.05) is 24.3 Å². The first-order valence-electron chi connectivity index (χ1n) is 9.66. The van der Waals surface area contributed by atoms with Crippen LogP contribution in [0, 0.1) is 11.7 Å². The third-order valence-electron chi connectivity index (χ3n) is 5.74. The Balaban J connectivity index is 1.38. The number of anilines is 1. The molecule has 1 saturated heterocycles. The van der Waals surface area contributed by atoms with Gasteiger partial charge in [-0.2, -0.15) is 13.2 Å². The largest absolute Gasteiger partial charge is 0.417 e. The molecule has 4 rings (SSSR count). The van der Waals surface area contributed by atoms with Crippen LogP contribution in [0.3, 0.4) is 0 Å². The Morgan fingerprint density at radius 3 is 2.41 bits per heavy atom. The Morgan fingerprint density at radius 2 is 1.76 bits per heavy atom. The van der Waals surface area contributed by atoms with Crippen LogP contribution in [0.2, 0.25) is 0 Å². The Bertz CT molecular complexity index is 907. The van der Waals surface area contributed by atoms with Crippen molar-refractivity contribution >= 4 is 11.7 Å². The molecule has 8 heteroatoms. The highest BCUT2D eigenvalue weighted by atomic mass is 19.4. The number of aromatic nitrogens is 1. The van der Waals surface area contributed by atoms with Crippen LogP contribution < -0.4 is 4.90 Å². The lowest BCUT2D eigenvalue weighted by Crippen LogP contribution is -2.44. The topological polar surface area (TPSA) is 36.4 Å². The van der Waals surface area contributed by atoms with Gasteiger partial charge >= 0.3 is 6.18 Å². The third-order valence-corrected chi connectivity index (χ3v) is 5.74. The number of amides is 1. The zero-order valence-electron chi connectivity index (χ0n) is 15.8. The number of fused-ring (bicyclic) bond motifs is 1. The number of nitrogens with zero attached hydrogens (tertiary/aromatic N) is 3. The van der Waals surface area contributed by atoms with Crippen LogP contribution in [0.5, 0.6) is 0 Å². The molecule has 2 aliphatic heterocycles. The molecule has 154 valence electrons. The highest BCUT2D eigenvalue weighted by Crippen LogP contribution is 2.32. The van der Waals surface area contributed by atoms with Crippen molar-refractivity contribution in [3.63, 3.8) is 0 Å². The van der Waals surface area contributed by atoms with Gasteiger partial charge < -0.3 is 9.80 Å². The Labute approximate surface area is 166 Å². The van der Waals surface area contributed by atoms with Gasteiger partial charge in [0.1, 0.15) is 0 Å². The van der Waals surface area contributed by atoms with Crippen LogP contribution in [0.4, 0.5) is 23.4 Å². The third kappa shape index (κ3) is 4.06. The van der Waals surface area contributed by atoms with Crippen LogP contribution >= 0.6 is 0 Å². The summed E-state index contributed by atoms with van der Waals surface area (Å²) >= 11 is 0. The molecule has 0 radical (unpaired) electrons. The molecular weight excluding hydrogens is 386 g/mol. The zero-order chi connectivity index (χ0) is 20.6. The van der Waals surface area contributed by atoms with Crippen LogP contribution in [0.25, 0.3) is 0 Å². The van der Waals surface area contributed by atoms with Crippen molar-refractivity contribution in [3.8, 4) is 0 Å². The van der Waals surface area contributed by atoms with Crippen molar-refractivity contribution in [1.82, 2.24) is 9.88 Å². The molecule has 1 amide bonds. The second kappa shape index (κ2) is 7.65. The van der Waals surface area contributed by atoms with E-state index in [0.29, 0.717) is 51.3 Å². The minimum Gasteiger partial charge on any atom is -0.354 e. The van der Waals surface area contributed by atoms with E-state index in [1.807, 2.05) is 23.1 Å². The van der Waals surface area contributed by atoms with Gasteiger partial charge in [-0.05, 0) is 36.5 Å². The van der Waals surface area contributed by atoms with Gasteiger partial charge in [-0.15, -0.1) is 0 Å². The lowest BCUT2D eigenvalue weighted by Gasteiger charge is -2.36. The number of piperidine rings is 1. The average molecular weight is 407 g/mol. The van der Waals surface area contributed by atoms with Gasteiger partial charge in [0.2, 0.25) is 5.91 Å². The van der Waals surface area contributed by atoms with Gasteiger partial charge in [0.15, 0.2) is 11.6 Å². The summed E-state index contributed by atoms with van der Waals surface area (Å²) in [6.45, 7) is 2.06. The summed E-state index contributed by atoms with van der Waals surface area (Å²) in [7, 11) is 0. The molecule has 0 N–H and O–H groups in total. The van der Waals surface area contributed by atoms with E-state index in [1.165, 1.54) is 11.1 Å². The number of pyridine rings is 1. The minimum absolute atomic E-state index is 0.0872. The number of alkyl halides is 3. The molecule has 1 aromatic carbocycles. The van der Waals surface area contributed by atoms with Gasteiger partial charge in [0, 0.05) is 38.3 Å². The maximum atomic E-state index is 14.2. The predicted molar refractivity (Wildman–Crippen MR) is 99.7 cm³/mol. The Morgan fingerprint density at radius 1 is 1.07 bits per heavy atom. The summed E-state index contributed by atoms with van der Waals surface area (Å²) in [5, 5.41) is 0. The quantitative estimate of drug-likeness (QED) is 0.705. The monoisotopic (exact) mass is 407 g/mol. The van der Waals surface area contributed by atoms with Crippen molar-refractivity contribution in [1.29, 1.82) is 0 Å². The summed E-state index contributed by atoms with van der Waals surface area (Å²) in [5.74, 6) is -1.14. The number of halogens is 4. The van der Waals surface area contributed by atoms with E-state index >= 15 is 0 Å². The second-order valence-electron chi connectivity index (χ2n) is 7.57. The molecule has 0 spiro atoms. The SMILES string of the molecule is O=C(C1CCN(c2ncc(C(F)(F)F)cc2F)CC1)N1CCc2ccccc2C1. The molecule has 0 bridgehead atoms. The molecule has 2 aliphatic rings. The smallest absolute Gasteiger partial charge is 0.354 e. The first-order valence-corrected chi connectivity index (χ1v) is 9.66. The summed E-state index contributed by atoms with van der Waals surface area (Å²) in [4.78, 5) is 20.1. The minimum atomic E-state index is -4.63. The van der Waals surface area contributed by atoms with Crippen molar-refractivity contribution in [2.45, 2.75) is 32.0 Å². The van der Waals surface area contributed by atoms with Crippen LogP contribution in [0.1, 0.15) is 29.5 Å². The van der Waals surface area contributed by atoms with Crippen LogP contribution in [0.15, 0.2) is 36.5 Å². The summed E-state index contributed by atoms with van der Waals surface area (Å²) in [5.41, 5.74) is 1.34. The van der Waals surface area contributed by atoms with E-state index in [-0.39, 0.29) is 17.6 Å². The molecule has 29 heavy (non-hydrogen) atoms. The molecule has 1 aromatic heterocycles. The molecule has 0 saturated carbocycles. The normalized spacial score (nSPS) is 17.9. The molecule has 0 atom stereocenters. The number of carbonyl (C=O) groups excluding carboxylic acids is 1. The summed E-state index contributed by atoms with van der Waals surface area (Å²) in [6, 6.07) is 8.57. The van der Waals surface area contributed by atoms with Crippen molar-refractivity contribution < 1.29 is 22.4 Å². The van der Waals surface area contributed by atoms with E-state index < -0.39 is 17.6 Å². The molecule has 3 heterocycles. The zero-order valence-corrected chi connectivity index (χ0v) is 15.8. The highest BCUT2D eigenvalue weighted by Gasteiger charge is 2.34.